The molecule has 0 fully saturated rings. The van der Waals surface area contributed by atoms with E-state index in [0.717, 1.165) is 0 Å². The van der Waals surface area contributed by atoms with Gasteiger partial charge in [0.2, 0.25) is 5.91 Å². The number of hydrogen-bond donors (Lipinski definition) is 3. The maximum absolute atomic E-state index is 10.7. The Labute approximate surface area is 86.1 Å². The first kappa shape index (κ1) is 9.39. The highest BCUT2D eigenvalue weighted by atomic mass is 16.6. The molecule has 78 valence electrons. The van der Waals surface area contributed by atoms with E-state index >= 15 is 0 Å². The van der Waals surface area contributed by atoms with Gasteiger partial charge in [0.1, 0.15) is 11.5 Å². The molecule has 15 heavy (non-hydrogen) atoms. The molecule has 1 aliphatic heterocycles. The van der Waals surface area contributed by atoms with Gasteiger partial charge in [0.15, 0.2) is 5.75 Å². The van der Waals surface area contributed by atoms with E-state index in [-0.39, 0.29) is 17.9 Å². The molecular weight excluding hydrogens is 196 g/mol. The lowest BCUT2D eigenvalue weighted by Gasteiger charge is -2.20. The van der Waals surface area contributed by atoms with E-state index in [4.69, 9.17) is 10.6 Å². The van der Waals surface area contributed by atoms with E-state index in [0.29, 0.717) is 11.3 Å². The number of hydroxylamine groups is 1. The molecule has 0 unspecified atom stereocenters. The van der Waals surface area contributed by atoms with Crippen LogP contribution >= 0.6 is 0 Å². The molecule has 0 aromatic heterocycles. The summed E-state index contributed by atoms with van der Waals surface area (Å²) in [5, 5.41) is 9.80. The fourth-order valence-electron chi connectivity index (χ4n) is 1.37. The number of nitrogens with one attached hydrogen (secondary N) is 1. The van der Waals surface area contributed by atoms with Crippen LogP contribution in [0.5, 0.6) is 5.75 Å². The van der Waals surface area contributed by atoms with Crippen LogP contribution in [0.3, 0.4) is 0 Å². The molecule has 2 rings (SSSR count). The Morgan fingerprint density at radius 3 is 2.93 bits per heavy atom. The largest absolute Gasteiger partial charge is 0.505 e. The normalized spacial score (nSPS) is 13.9. The number of primary amides is 1. The van der Waals surface area contributed by atoms with Crippen LogP contribution in [0.15, 0.2) is 30.0 Å². The van der Waals surface area contributed by atoms with Crippen molar-refractivity contribution in [2.24, 2.45) is 5.73 Å². The van der Waals surface area contributed by atoms with Gasteiger partial charge in [0, 0.05) is 0 Å². The zero-order chi connectivity index (χ0) is 10.8. The van der Waals surface area contributed by atoms with Gasteiger partial charge >= 0.3 is 0 Å². The van der Waals surface area contributed by atoms with Crippen molar-refractivity contribution in [2.75, 3.05) is 0 Å². The van der Waals surface area contributed by atoms with Crippen LogP contribution in [-0.2, 0) is 4.79 Å². The molecule has 4 N–H and O–H groups in total. The molecule has 1 aliphatic rings. The zero-order valence-electron chi connectivity index (χ0n) is 7.86. The lowest BCUT2D eigenvalue weighted by Crippen LogP contribution is -2.27. The van der Waals surface area contributed by atoms with Crippen molar-refractivity contribution < 1.29 is 14.7 Å². The van der Waals surface area contributed by atoms with Gasteiger partial charge in [0.05, 0.1) is 12.0 Å². The van der Waals surface area contributed by atoms with Crippen LogP contribution in [0.4, 0.5) is 0 Å². The molecule has 0 saturated heterocycles. The minimum absolute atomic E-state index is 0.00403. The van der Waals surface area contributed by atoms with Crippen LogP contribution in [-0.4, -0.2) is 11.0 Å². The smallest absolute Gasteiger partial charge is 0.223 e. The molecule has 5 heteroatoms. The van der Waals surface area contributed by atoms with Crippen molar-refractivity contribution in [1.29, 1.82) is 0 Å². The Balaban J connectivity index is 2.40. The van der Waals surface area contributed by atoms with Crippen LogP contribution in [0.1, 0.15) is 12.0 Å². The highest BCUT2D eigenvalue weighted by Crippen LogP contribution is 2.29. The Kier molecular flexibility index (Phi) is 2.21. The molecule has 5 nitrogen and oxygen atoms in total. The Hall–Kier alpha value is -2.17. The van der Waals surface area contributed by atoms with E-state index < -0.39 is 5.91 Å². The molecule has 0 spiro atoms. The minimum atomic E-state index is -0.535. The summed E-state index contributed by atoms with van der Waals surface area (Å²) >= 11 is 0. The van der Waals surface area contributed by atoms with E-state index in [2.05, 4.69) is 5.48 Å². The zero-order valence-corrected chi connectivity index (χ0v) is 7.86. The number of aliphatic hydroxyl groups is 1. The Morgan fingerprint density at radius 2 is 2.20 bits per heavy atom. The first-order valence-corrected chi connectivity index (χ1v) is 4.41. The second-order valence-electron chi connectivity index (χ2n) is 3.17. The minimum Gasteiger partial charge on any atom is -0.505 e. The molecule has 0 bridgehead atoms. The van der Waals surface area contributed by atoms with Crippen LogP contribution in [0.2, 0.25) is 0 Å². The second kappa shape index (κ2) is 3.53. The molecule has 1 aromatic carbocycles. The lowest BCUT2D eigenvalue weighted by atomic mass is 10.1. The lowest BCUT2D eigenvalue weighted by molar-refractivity contribution is -0.117. The highest BCUT2D eigenvalue weighted by molar-refractivity contribution is 5.80. The highest BCUT2D eigenvalue weighted by Gasteiger charge is 2.20. The number of nitrogens with two attached hydrogens (primary N) is 1. The van der Waals surface area contributed by atoms with Crippen LogP contribution in [0.25, 0.3) is 5.76 Å². The molecule has 0 radical (unpaired) electrons. The molecule has 1 aromatic rings. The fraction of sp³-hybridized carbons (Fsp3) is 0.100. The Bertz CT molecular complexity index is 440. The van der Waals surface area contributed by atoms with E-state index in [1.165, 1.54) is 0 Å². The molecule has 0 atom stereocenters. The maximum atomic E-state index is 10.7. The van der Waals surface area contributed by atoms with Gasteiger partial charge in [-0.1, -0.05) is 12.1 Å². The SMILES string of the molecule is NC(=O)CC1=C(O)c2ccccc2ON1. The predicted molar refractivity (Wildman–Crippen MR) is 53.6 cm³/mol. The summed E-state index contributed by atoms with van der Waals surface area (Å²) in [5.41, 5.74) is 8.34. The van der Waals surface area contributed by atoms with E-state index in [9.17, 15) is 9.90 Å². The van der Waals surface area contributed by atoms with Gasteiger partial charge in [-0.25, -0.2) is 5.48 Å². The third kappa shape index (κ3) is 1.71. The standard InChI is InChI=1S/C10H10N2O3/c11-9(13)5-7-10(14)6-3-1-2-4-8(6)15-12-7/h1-4,12,14H,5H2,(H2,11,13). The summed E-state index contributed by atoms with van der Waals surface area (Å²) in [6.45, 7) is 0. The van der Waals surface area contributed by atoms with E-state index in [1.807, 2.05) is 0 Å². The molecular formula is C10H10N2O3. The summed E-state index contributed by atoms with van der Waals surface area (Å²) in [5.74, 6) is -0.0223. The molecule has 0 saturated carbocycles. The van der Waals surface area contributed by atoms with Gasteiger partial charge in [-0.05, 0) is 12.1 Å². The number of para-hydroxylation sites is 1. The van der Waals surface area contributed by atoms with Crippen molar-refractivity contribution >= 4 is 11.7 Å². The molecule has 1 heterocycles. The van der Waals surface area contributed by atoms with Crippen molar-refractivity contribution in [2.45, 2.75) is 6.42 Å². The predicted octanol–water partition coefficient (Wildman–Crippen LogP) is 0.686. The summed E-state index contributed by atoms with van der Waals surface area (Å²) in [6.07, 6.45) is -0.0832. The van der Waals surface area contributed by atoms with Crippen molar-refractivity contribution in [3.05, 3.63) is 35.5 Å². The first-order chi connectivity index (χ1) is 7.18. The number of hydrogen-bond acceptors (Lipinski definition) is 4. The van der Waals surface area contributed by atoms with Gasteiger partial charge < -0.3 is 15.7 Å². The van der Waals surface area contributed by atoms with E-state index in [1.54, 1.807) is 24.3 Å². The first-order valence-electron chi connectivity index (χ1n) is 4.41. The summed E-state index contributed by atoms with van der Waals surface area (Å²) in [6, 6.07) is 6.96. The Morgan fingerprint density at radius 1 is 1.47 bits per heavy atom. The summed E-state index contributed by atoms with van der Waals surface area (Å²) in [7, 11) is 0. The quantitative estimate of drug-likeness (QED) is 0.664. The number of rotatable bonds is 2. The number of amides is 1. The topological polar surface area (TPSA) is 84.6 Å². The third-order valence-corrected chi connectivity index (χ3v) is 2.06. The third-order valence-electron chi connectivity index (χ3n) is 2.06. The van der Waals surface area contributed by atoms with Gasteiger partial charge in [-0.3, -0.25) is 4.79 Å². The van der Waals surface area contributed by atoms with Gasteiger partial charge in [-0.2, -0.15) is 0 Å². The monoisotopic (exact) mass is 206 g/mol. The number of benzene rings is 1. The van der Waals surface area contributed by atoms with Crippen molar-refractivity contribution in [3.63, 3.8) is 0 Å². The average molecular weight is 206 g/mol. The molecule has 1 amide bonds. The van der Waals surface area contributed by atoms with Gasteiger partial charge in [0.25, 0.3) is 0 Å². The van der Waals surface area contributed by atoms with Gasteiger partial charge in [-0.15, -0.1) is 0 Å². The number of carbonyl (C=O) groups excluding carboxylic acids is 1. The fourth-order valence-corrected chi connectivity index (χ4v) is 1.37. The summed E-state index contributed by atoms with van der Waals surface area (Å²) in [4.78, 5) is 15.8. The number of fused-ring (bicyclic) bond motifs is 1. The number of carbonyl (C=O) groups is 1. The average Bonchev–Trinajstić information content (AvgIpc) is 2.22. The van der Waals surface area contributed by atoms with Crippen LogP contribution in [0, 0.1) is 0 Å². The van der Waals surface area contributed by atoms with Crippen molar-refractivity contribution in [3.8, 4) is 5.75 Å². The van der Waals surface area contributed by atoms with Crippen molar-refractivity contribution in [1.82, 2.24) is 5.48 Å². The van der Waals surface area contributed by atoms with Crippen LogP contribution < -0.4 is 16.1 Å². The number of aliphatic hydroxyl groups excluding tert-OH is 1. The maximum Gasteiger partial charge on any atom is 0.223 e. The summed E-state index contributed by atoms with van der Waals surface area (Å²) < 4.78 is 0. The second-order valence-corrected chi connectivity index (χ2v) is 3.17. The molecule has 0 aliphatic carbocycles.